The Hall–Kier alpha value is -1.86. The van der Waals surface area contributed by atoms with Crippen LogP contribution >= 0.6 is 35.0 Å². The maximum Gasteiger partial charge on any atom is 0.194 e. The van der Waals surface area contributed by atoms with Gasteiger partial charge in [-0.05, 0) is 30.3 Å². The first-order valence-electron chi connectivity index (χ1n) is 9.50. The van der Waals surface area contributed by atoms with Crippen LogP contribution < -0.4 is 0 Å². The SMILES string of the molecule is OC[C@H]1O[C@H](Sc2ccc(Cl)c(Cl)c2)[C@H](O)[C@@H](n2cc(-c3cc(F)c(F)c(F)c3)nn2)[C@H]1O. The van der Waals surface area contributed by atoms with Gasteiger partial charge in [-0.25, -0.2) is 17.9 Å². The molecule has 0 amide bonds. The molecule has 2 heterocycles. The zero-order valence-electron chi connectivity index (χ0n) is 16.4. The molecule has 4 rings (SSSR count). The van der Waals surface area contributed by atoms with Crippen LogP contribution in [0.15, 0.2) is 41.4 Å². The fourth-order valence-electron chi connectivity index (χ4n) is 3.42. The van der Waals surface area contributed by atoms with E-state index in [2.05, 4.69) is 10.3 Å². The van der Waals surface area contributed by atoms with Crippen molar-refractivity contribution in [1.82, 2.24) is 15.0 Å². The summed E-state index contributed by atoms with van der Waals surface area (Å²) in [6.45, 7) is -0.557. The van der Waals surface area contributed by atoms with Gasteiger partial charge in [0.15, 0.2) is 17.5 Å². The number of halogens is 5. The molecule has 1 aliphatic heterocycles. The van der Waals surface area contributed by atoms with Crippen LogP contribution in [-0.2, 0) is 4.74 Å². The van der Waals surface area contributed by atoms with Crippen LogP contribution in [-0.4, -0.2) is 60.7 Å². The second-order valence-corrected chi connectivity index (χ2v) is 9.21. The first kappa shape index (κ1) is 24.3. The predicted molar refractivity (Wildman–Crippen MR) is 114 cm³/mol. The van der Waals surface area contributed by atoms with Crippen LogP contribution in [0.4, 0.5) is 13.2 Å². The van der Waals surface area contributed by atoms with Gasteiger partial charge in [-0.3, -0.25) is 0 Å². The average molecular weight is 522 g/mol. The van der Waals surface area contributed by atoms with Crippen LogP contribution in [0.3, 0.4) is 0 Å². The van der Waals surface area contributed by atoms with E-state index >= 15 is 0 Å². The molecule has 2 aromatic carbocycles. The third kappa shape index (κ3) is 4.85. The van der Waals surface area contributed by atoms with E-state index in [0.29, 0.717) is 14.9 Å². The van der Waals surface area contributed by atoms with Gasteiger partial charge in [0.25, 0.3) is 0 Å². The van der Waals surface area contributed by atoms with E-state index in [0.717, 1.165) is 28.6 Å². The molecule has 3 aromatic rings. The smallest absolute Gasteiger partial charge is 0.194 e. The topological polar surface area (TPSA) is 101 Å². The Balaban J connectivity index is 1.63. The lowest BCUT2D eigenvalue weighted by atomic mass is 9.97. The molecular weight excluding hydrogens is 506 g/mol. The van der Waals surface area contributed by atoms with Crippen molar-refractivity contribution in [2.24, 2.45) is 0 Å². The van der Waals surface area contributed by atoms with Gasteiger partial charge in [-0.1, -0.05) is 40.2 Å². The van der Waals surface area contributed by atoms with Crippen LogP contribution in [0.2, 0.25) is 10.0 Å². The highest BCUT2D eigenvalue weighted by molar-refractivity contribution is 7.99. The van der Waals surface area contributed by atoms with Gasteiger partial charge in [0, 0.05) is 10.5 Å². The first-order valence-corrected chi connectivity index (χ1v) is 11.1. The summed E-state index contributed by atoms with van der Waals surface area (Å²) in [7, 11) is 0. The maximum atomic E-state index is 13.6. The third-order valence-corrected chi connectivity index (χ3v) is 6.97. The molecule has 0 unspecified atom stereocenters. The van der Waals surface area contributed by atoms with E-state index in [1.807, 2.05) is 0 Å². The molecule has 0 aliphatic carbocycles. The molecule has 5 atom stereocenters. The Morgan fingerprint density at radius 2 is 1.73 bits per heavy atom. The van der Waals surface area contributed by atoms with E-state index in [1.54, 1.807) is 18.2 Å². The quantitative estimate of drug-likeness (QED) is 0.442. The van der Waals surface area contributed by atoms with E-state index in [-0.39, 0.29) is 11.3 Å². The summed E-state index contributed by atoms with van der Waals surface area (Å²) in [4.78, 5) is 0.608. The van der Waals surface area contributed by atoms with E-state index < -0.39 is 53.8 Å². The van der Waals surface area contributed by atoms with Crippen molar-refractivity contribution in [2.45, 2.75) is 34.7 Å². The minimum atomic E-state index is -1.62. The highest BCUT2D eigenvalue weighted by Gasteiger charge is 2.46. The molecule has 0 saturated carbocycles. The fraction of sp³-hybridized carbons (Fsp3) is 0.300. The molecule has 0 bridgehead atoms. The van der Waals surface area contributed by atoms with Crippen molar-refractivity contribution in [2.75, 3.05) is 6.61 Å². The monoisotopic (exact) mass is 521 g/mol. The Morgan fingerprint density at radius 3 is 2.36 bits per heavy atom. The normalized spacial score (nSPS) is 25.4. The lowest BCUT2D eigenvalue weighted by Crippen LogP contribution is -2.55. The molecule has 7 nitrogen and oxygen atoms in total. The molecule has 1 aromatic heterocycles. The van der Waals surface area contributed by atoms with E-state index in [1.165, 1.54) is 6.20 Å². The van der Waals surface area contributed by atoms with Crippen molar-refractivity contribution in [1.29, 1.82) is 0 Å². The molecule has 13 heteroatoms. The molecule has 0 radical (unpaired) electrons. The number of aromatic nitrogens is 3. The number of thioether (sulfide) groups is 1. The number of benzene rings is 2. The minimum Gasteiger partial charge on any atom is -0.394 e. The van der Waals surface area contributed by atoms with Crippen LogP contribution in [0.5, 0.6) is 0 Å². The number of nitrogens with zero attached hydrogens (tertiary/aromatic N) is 3. The summed E-state index contributed by atoms with van der Waals surface area (Å²) in [6.07, 6.45) is -2.58. The lowest BCUT2D eigenvalue weighted by molar-refractivity contribution is -0.178. The van der Waals surface area contributed by atoms with Crippen LogP contribution in [0.1, 0.15) is 6.04 Å². The van der Waals surface area contributed by atoms with E-state index in [4.69, 9.17) is 27.9 Å². The molecule has 33 heavy (non-hydrogen) atoms. The Bertz CT molecular complexity index is 1150. The minimum absolute atomic E-state index is 0.0204. The summed E-state index contributed by atoms with van der Waals surface area (Å²) in [6, 6.07) is 5.18. The van der Waals surface area contributed by atoms with Crippen molar-refractivity contribution in [3.8, 4) is 11.3 Å². The van der Waals surface area contributed by atoms with Crippen molar-refractivity contribution in [3.05, 3.63) is 64.0 Å². The van der Waals surface area contributed by atoms with Gasteiger partial charge in [-0.2, -0.15) is 0 Å². The van der Waals surface area contributed by atoms with Gasteiger partial charge in [-0.15, -0.1) is 5.10 Å². The number of rotatable bonds is 5. The zero-order chi connectivity index (χ0) is 23.9. The largest absolute Gasteiger partial charge is 0.394 e. The molecule has 1 fully saturated rings. The molecule has 1 saturated heterocycles. The lowest BCUT2D eigenvalue weighted by Gasteiger charge is -2.41. The molecule has 0 spiro atoms. The molecule has 176 valence electrons. The zero-order valence-corrected chi connectivity index (χ0v) is 18.8. The number of aliphatic hydroxyl groups is 3. The first-order chi connectivity index (χ1) is 15.7. The Morgan fingerprint density at radius 1 is 1.03 bits per heavy atom. The standard InChI is InChI=1S/C20H16Cl2F3N3O4S/c21-10-2-1-9(5-11(10)22)33-20-19(31)17(18(30)15(7-29)32-20)28-6-14(26-27-28)8-3-12(23)16(25)13(24)4-8/h1-6,15,17-20,29-31H,7H2/t15-,17+,18+,19-,20-/m1/s1. The average Bonchev–Trinajstić information content (AvgIpc) is 3.26. The van der Waals surface area contributed by atoms with Gasteiger partial charge >= 0.3 is 0 Å². The highest BCUT2D eigenvalue weighted by Crippen LogP contribution is 2.39. The maximum absolute atomic E-state index is 13.6. The van der Waals surface area contributed by atoms with Crippen LogP contribution in [0, 0.1) is 17.5 Å². The Labute approximate surface area is 199 Å². The van der Waals surface area contributed by atoms with Crippen molar-refractivity contribution < 1.29 is 33.2 Å². The van der Waals surface area contributed by atoms with Crippen molar-refractivity contribution >= 4 is 35.0 Å². The second-order valence-electron chi connectivity index (χ2n) is 7.23. The summed E-state index contributed by atoms with van der Waals surface area (Å²) in [5.41, 5.74) is -1.07. The van der Waals surface area contributed by atoms with E-state index in [9.17, 15) is 28.5 Å². The fourth-order valence-corrected chi connectivity index (χ4v) is 4.88. The number of hydrogen-bond donors (Lipinski definition) is 3. The van der Waals surface area contributed by atoms with Crippen molar-refractivity contribution in [3.63, 3.8) is 0 Å². The van der Waals surface area contributed by atoms with Crippen LogP contribution in [0.25, 0.3) is 11.3 Å². The summed E-state index contributed by atoms with van der Waals surface area (Å²) < 4.78 is 47.2. The van der Waals surface area contributed by atoms with Gasteiger partial charge in [0.1, 0.15) is 35.5 Å². The highest BCUT2D eigenvalue weighted by atomic mass is 35.5. The number of hydrogen-bond acceptors (Lipinski definition) is 7. The summed E-state index contributed by atoms with van der Waals surface area (Å²) >= 11 is 13.0. The van der Waals surface area contributed by atoms with Gasteiger partial charge < -0.3 is 20.1 Å². The third-order valence-electron chi connectivity index (χ3n) is 5.09. The number of aliphatic hydroxyl groups excluding tert-OH is 3. The van der Waals surface area contributed by atoms with Gasteiger partial charge in [0.2, 0.25) is 0 Å². The summed E-state index contributed by atoms with van der Waals surface area (Å²) in [5.74, 6) is -4.41. The number of ether oxygens (including phenoxy) is 1. The molecule has 1 aliphatic rings. The summed E-state index contributed by atoms with van der Waals surface area (Å²) in [5, 5.41) is 39.6. The molecule has 3 N–H and O–H groups in total. The predicted octanol–water partition coefficient (Wildman–Crippen LogP) is 3.44. The second kappa shape index (κ2) is 9.79. The Kier molecular flexibility index (Phi) is 7.20. The van der Waals surface area contributed by atoms with Gasteiger partial charge in [0.05, 0.1) is 22.8 Å². The molecular formula is C20H16Cl2F3N3O4S.